The largest absolute Gasteiger partial charge is 0.422 e. The average molecular weight is 550 g/mol. The van der Waals surface area contributed by atoms with Crippen LogP contribution in [0.2, 0.25) is 0 Å². The van der Waals surface area contributed by atoms with Crippen molar-refractivity contribution in [1.82, 2.24) is 0 Å². The molecule has 40 heavy (non-hydrogen) atoms. The van der Waals surface area contributed by atoms with Crippen molar-refractivity contribution in [2.24, 2.45) is 0 Å². The average Bonchev–Trinajstić information content (AvgIpc) is 2.95. The maximum Gasteiger partial charge on any atom is 0.343 e. The van der Waals surface area contributed by atoms with Crippen molar-refractivity contribution in [3.05, 3.63) is 137 Å². The molecule has 5 rings (SSSR count). The molecule has 0 unspecified atom stereocenters. The maximum absolute atomic E-state index is 14.1. The van der Waals surface area contributed by atoms with Gasteiger partial charge in [0.05, 0.1) is 16.1 Å². The van der Waals surface area contributed by atoms with E-state index in [0.29, 0.717) is 16.3 Å². The highest BCUT2D eigenvalue weighted by molar-refractivity contribution is 7.93. The van der Waals surface area contributed by atoms with Gasteiger partial charge in [0.2, 0.25) is 0 Å². The second-order valence-corrected chi connectivity index (χ2v) is 11.4. The van der Waals surface area contributed by atoms with Crippen molar-refractivity contribution in [3.8, 4) is 5.75 Å². The number of hydrogen-bond acceptors (Lipinski definition) is 5. The van der Waals surface area contributed by atoms with Gasteiger partial charge in [-0.2, -0.15) is 4.31 Å². The highest BCUT2D eigenvalue weighted by Gasteiger charge is 2.33. The van der Waals surface area contributed by atoms with Gasteiger partial charge in [-0.05, 0) is 69.3 Å². The minimum Gasteiger partial charge on any atom is -0.422 e. The van der Waals surface area contributed by atoms with Gasteiger partial charge in [0.15, 0.2) is 0 Å². The Morgan fingerprint density at radius 2 is 1.10 bits per heavy atom. The Labute approximate surface area is 233 Å². The number of esters is 1. The molecular weight excluding hydrogens is 522 g/mol. The summed E-state index contributed by atoms with van der Waals surface area (Å²) >= 11 is 0. The zero-order chi connectivity index (χ0) is 28.4. The van der Waals surface area contributed by atoms with Gasteiger partial charge in [-0.1, -0.05) is 77.4 Å². The summed E-state index contributed by atoms with van der Waals surface area (Å²) in [5.74, 6) is -0.992. The maximum atomic E-state index is 14.1. The summed E-state index contributed by atoms with van der Waals surface area (Å²) in [5.41, 5.74) is 3.60. The summed E-state index contributed by atoms with van der Waals surface area (Å²) in [4.78, 5) is 26.8. The van der Waals surface area contributed by atoms with E-state index in [-0.39, 0.29) is 21.9 Å². The highest BCUT2D eigenvalue weighted by atomic mass is 32.2. The molecule has 0 bridgehead atoms. The van der Waals surface area contributed by atoms with Crippen molar-refractivity contribution in [3.63, 3.8) is 0 Å². The van der Waals surface area contributed by atoms with Gasteiger partial charge >= 0.3 is 5.97 Å². The van der Waals surface area contributed by atoms with Gasteiger partial charge in [0.25, 0.3) is 15.9 Å². The second-order valence-electron chi connectivity index (χ2n) is 9.64. The SMILES string of the molecule is Cc1ccc(C(=O)Oc2ccc(N(C(=O)c3ccc(C)cc3)S(=O)(=O)c3ccc(C)cc3)c3ccccc23)cc1. The third-order valence-electron chi connectivity index (χ3n) is 6.61. The van der Waals surface area contributed by atoms with Crippen LogP contribution in [0.5, 0.6) is 5.75 Å². The molecule has 200 valence electrons. The van der Waals surface area contributed by atoms with Crippen LogP contribution in [-0.4, -0.2) is 20.3 Å². The molecule has 0 aliphatic carbocycles. The molecule has 0 saturated carbocycles. The van der Waals surface area contributed by atoms with Crippen LogP contribution in [0.15, 0.2) is 114 Å². The molecule has 0 heterocycles. The van der Waals surface area contributed by atoms with E-state index in [1.54, 1.807) is 72.8 Å². The molecular formula is C33H27NO5S. The monoisotopic (exact) mass is 549 g/mol. The van der Waals surface area contributed by atoms with E-state index >= 15 is 0 Å². The van der Waals surface area contributed by atoms with Crippen molar-refractivity contribution < 1.29 is 22.7 Å². The number of hydrogen-bond donors (Lipinski definition) is 0. The van der Waals surface area contributed by atoms with Gasteiger partial charge in [-0.3, -0.25) is 4.79 Å². The van der Waals surface area contributed by atoms with Crippen LogP contribution in [0.1, 0.15) is 37.4 Å². The Kier molecular flexibility index (Phi) is 7.24. The van der Waals surface area contributed by atoms with E-state index in [2.05, 4.69) is 0 Å². The number of carbonyl (C=O) groups excluding carboxylic acids is 2. The fourth-order valence-corrected chi connectivity index (χ4v) is 5.78. The van der Waals surface area contributed by atoms with E-state index in [4.69, 9.17) is 4.74 Å². The Balaban J connectivity index is 1.66. The smallest absolute Gasteiger partial charge is 0.343 e. The van der Waals surface area contributed by atoms with Gasteiger partial charge in [-0.15, -0.1) is 0 Å². The Morgan fingerprint density at radius 1 is 0.600 bits per heavy atom. The minimum atomic E-state index is -4.33. The molecule has 0 N–H and O–H groups in total. The molecule has 1 amide bonds. The molecule has 5 aromatic rings. The lowest BCUT2D eigenvalue weighted by molar-refractivity contribution is 0.0736. The predicted molar refractivity (Wildman–Crippen MR) is 156 cm³/mol. The Morgan fingerprint density at radius 3 is 1.68 bits per heavy atom. The molecule has 7 heteroatoms. The molecule has 0 aliphatic heterocycles. The summed E-state index contributed by atoms with van der Waals surface area (Å²) < 4.78 is 34.7. The Bertz CT molecular complexity index is 1830. The summed E-state index contributed by atoms with van der Waals surface area (Å²) in [6, 6.07) is 30.0. The first kappa shape index (κ1) is 26.8. The number of ether oxygens (including phenoxy) is 1. The number of rotatable bonds is 6. The zero-order valence-corrected chi connectivity index (χ0v) is 23.1. The van der Waals surface area contributed by atoms with Crippen LogP contribution < -0.4 is 9.04 Å². The molecule has 0 atom stereocenters. The number of anilines is 1. The summed E-state index contributed by atoms with van der Waals surface area (Å²) in [6.45, 7) is 5.67. The first-order chi connectivity index (χ1) is 19.1. The van der Waals surface area contributed by atoms with Crippen LogP contribution in [0.25, 0.3) is 10.8 Å². The van der Waals surface area contributed by atoms with Crippen LogP contribution >= 0.6 is 0 Å². The van der Waals surface area contributed by atoms with E-state index < -0.39 is 21.9 Å². The molecule has 0 spiro atoms. The molecule has 0 aliphatic rings. The highest BCUT2D eigenvalue weighted by Crippen LogP contribution is 2.37. The van der Waals surface area contributed by atoms with Gasteiger partial charge in [0.1, 0.15) is 5.75 Å². The number of carbonyl (C=O) groups is 2. The van der Waals surface area contributed by atoms with Gasteiger partial charge < -0.3 is 4.74 Å². The Hall–Kier alpha value is -4.75. The lowest BCUT2D eigenvalue weighted by atomic mass is 10.1. The standard InChI is InChI=1S/C33H27NO5S/c1-22-8-14-25(15-9-22)32(35)34(40(37,38)27-18-12-24(3)13-19-27)30-20-21-31(29-7-5-4-6-28(29)30)39-33(36)26-16-10-23(2)11-17-26/h4-21H,1-3H3. The minimum absolute atomic E-state index is 0.0162. The van der Waals surface area contributed by atoms with E-state index in [9.17, 15) is 18.0 Å². The van der Waals surface area contributed by atoms with Crippen molar-refractivity contribution >= 4 is 38.4 Å². The third-order valence-corrected chi connectivity index (χ3v) is 8.32. The summed E-state index contributed by atoms with van der Waals surface area (Å²) in [5, 5.41) is 0.925. The van der Waals surface area contributed by atoms with E-state index in [1.807, 2.05) is 32.9 Å². The molecule has 0 saturated heterocycles. The lowest BCUT2D eigenvalue weighted by Gasteiger charge is -2.25. The van der Waals surface area contributed by atoms with E-state index in [0.717, 1.165) is 21.0 Å². The lowest BCUT2D eigenvalue weighted by Crippen LogP contribution is -2.37. The van der Waals surface area contributed by atoms with Crippen LogP contribution in [0, 0.1) is 20.8 Å². The van der Waals surface area contributed by atoms with E-state index in [1.165, 1.54) is 24.3 Å². The normalized spacial score (nSPS) is 11.3. The summed E-state index contributed by atoms with van der Waals surface area (Å²) in [7, 11) is -4.33. The van der Waals surface area contributed by atoms with Crippen LogP contribution in [0.3, 0.4) is 0 Å². The van der Waals surface area contributed by atoms with Gasteiger partial charge in [-0.25, -0.2) is 13.2 Å². The number of benzene rings is 5. The number of aryl methyl sites for hydroxylation is 3. The predicted octanol–water partition coefficient (Wildman–Crippen LogP) is 7.02. The first-order valence-corrected chi connectivity index (χ1v) is 14.1. The first-order valence-electron chi connectivity index (χ1n) is 12.7. The third kappa shape index (κ3) is 5.24. The fraction of sp³-hybridized carbons (Fsp3) is 0.0909. The topological polar surface area (TPSA) is 80.8 Å². The molecule has 6 nitrogen and oxygen atoms in total. The quantitative estimate of drug-likeness (QED) is 0.168. The molecule has 5 aromatic carbocycles. The molecule has 0 aromatic heterocycles. The molecule has 0 radical (unpaired) electrons. The fourth-order valence-electron chi connectivity index (χ4n) is 4.35. The summed E-state index contributed by atoms with van der Waals surface area (Å²) in [6.07, 6.45) is 0. The van der Waals surface area contributed by atoms with Crippen molar-refractivity contribution in [2.75, 3.05) is 4.31 Å². The number of amides is 1. The number of fused-ring (bicyclic) bond motifs is 1. The number of nitrogens with zero attached hydrogens (tertiary/aromatic N) is 1. The van der Waals surface area contributed by atoms with Crippen molar-refractivity contribution in [2.45, 2.75) is 25.7 Å². The zero-order valence-electron chi connectivity index (χ0n) is 22.3. The number of sulfonamides is 1. The van der Waals surface area contributed by atoms with Crippen LogP contribution in [-0.2, 0) is 10.0 Å². The molecule has 0 fully saturated rings. The van der Waals surface area contributed by atoms with Gasteiger partial charge in [0, 0.05) is 16.3 Å². The van der Waals surface area contributed by atoms with Crippen LogP contribution in [0.4, 0.5) is 5.69 Å². The van der Waals surface area contributed by atoms with Crippen molar-refractivity contribution in [1.29, 1.82) is 0 Å². The second kappa shape index (κ2) is 10.8.